The maximum atomic E-state index is 10.8. The van der Waals surface area contributed by atoms with Gasteiger partial charge in [-0.2, -0.15) is 9.97 Å². The molecule has 9 heteroatoms. The molecule has 0 aromatic carbocycles. The molecule has 1 fully saturated rings. The SMILES string of the molecule is CC(=O)OCC1CCC(n2cnc3c(Cl)nc(N)nc32)O1. The van der Waals surface area contributed by atoms with Crippen LogP contribution in [0, 0.1) is 0 Å². The fourth-order valence-electron chi connectivity index (χ4n) is 2.33. The number of anilines is 1. The van der Waals surface area contributed by atoms with Gasteiger partial charge in [0.15, 0.2) is 10.8 Å². The molecule has 0 radical (unpaired) electrons. The molecule has 0 aliphatic carbocycles. The van der Waals surface area contributed by atoms with Crippen molar-refractivity contribution in [1.82, 2.24) is 19.5 Å². The van der Waals surface area contributed by atoms with Crippen LogP contribution in [0.15, 0.2) is 6.33 Å². The molecule has 2 aromatic heterocycles. The van der Waals surface area contributed by atoms with E-state index >= 15 is 0 Å². The standard InChI is InChI=1S/C12H14ClN5O3/c1-6(19)20-4-7-2-3-8(21-7)18-5-15-9-10(13)16-12(14)17-11(9)18/h5,7-8H,2-4H2,1H3,(H2,14,16,17). The zero-order valence-corrected chi connectivity index (χ0v) is 12.1. The van der Waals surface area contributed by atoms with Gasteiger partial charge in [-0.25, -0.2) is 4.98 Å². The fraction of sp³-hybridized carbons (Fsp3) is 0.500. The van der Waals surface area contributed by atoms with E-state index in [0.717, 1.165) is 12.8 Å². The van der Waals surface area contributed by atoms with Crippen molar-refractivity contribution in [2.45, 2.75) is 32.1 Å². The zero-order chi connectivity index (χ0) is 15.0. The minimum Gasteiger partial charge on any atom is -0.463 e. The van der Waals surface area contributed by atoms with Gasteiger partial charge in [-0.05, 0) is 12.8 Å². The number of esters is 1. The minimum atomic E-state index is -0.317. The molecule has 112 valence electrons. The molecule has 1 aliphatic heterocycles. The number of fused-ring (bicyclic) bond motifs is 1. The molecule has 8 nitrogen and oxygen atoms in total. The maximum absolute atomic E-state index is 10.8. The van der Waals surface area contributed by atoms with Crippen molar-refractivity contribution in [2.75, 3.05) is 12.3 Å². The summed E-state index contributed by atoms with van der Waals surface area (Å²) in [4.78, 5) is 23.0. The Bertz CT molecular complexity index is 689. The lowest BCUT2D eigenvalue weighted by Crippen LogP contribution is -2.18. The molecule has 0 saturated carbocycles. The molecule has 2 atom stereocenters. The average Bonchev–Trinajstić information content (AvgIpc) is 3.02. The van der Waals surface area contributed by atoms with Gasteiger partial charge in [0.1, 0.15) is 18.4 Å². The van der Waals surface area contributed by atoms with Crippen molar-refractivity contribution in [1.29, 1.82) is 0 Å². The fourth-order valence-corrected chi connectivity index (χ4v) is 2.55. The Labute approximate surface area is 125 Å². The number of hydrogen-bond acceptors (Lipinski definition) is 7. The van der Waals surface area contributed by atoms with E-state index in [0.29, 0.717) is 11.2 Å². The Morgan fingerprint density at radius 3 is 3.14 bits per heavy atom. The highest BCUT2D eigenvalue weighted by molar-refractivity contribution is 6.33. The molecule has 0 bridgehead atoms. The van der Waals surface area contributed by atoms with Crippen LogP contribution < -0.4 is 5.73 Å². The number of aromatic nitrogens is 4. The smallest absolute Gasteiger partial charge is 0.302 e. The lowest BCUT2D eigenvalue weighted by Gasteiger charge is -2.15. The number of nitrogen functional groups attached to an aromatic ring is 1. The predicted molar refractivity (Wildman–Crippen MR) is 74.5 cm³/mol. The van der Waals surface area contributed by atoms with Crippen LogP contribution in [-0.4, -0.2) is 38.2 Å². The second kappa shape index (κ2) is 5.45. The Balaban J connectivity index is 1.81. The van der Waals surface area contributed by atoms with Crippen molar-refractivity contribution in [3.05, 3.63) is 11.5 Å². The molecule has 3 heterocycles. The molecule has 0 amide bonds. The first-order valence-corrected chi connectivity index (χ1v) is 6.86. The Hall–Kier alpha value is -1.93. The van der Waals surface area contributed by atoms with Gasteiger partial charge in [0, 0.05) is 6.92 Å². The van der Waals surface area contributed by atoms with Crippen LogP contribution in [0.4, 0.5) is 5.95 Å². The Morgan fingerprint density at radius 2 is 2.38 bits per heavy atom. The van der Waals surface area contributed by atoms with Gasteiger partial charge < -0.3 is 15.2 Å². The molecule has 21 heavy (non-hydrogen) atoms. The van der Waals surface area contributed by atoms with Crippen LogP contribution in [0.1, 0.15) is 26.0 Å². The first-order valence-electron chi connectivity index (χ1n) is 6.49. The minimum absolute atomic E-state index is 0.0868. The molecular weight excluding hydrogens is 298 g/mol. The number of ether oxygens (including phenoxy) is 2. The molecule has 1 aliphatic rings. The summed E-state index contributed by atoms with van der Waals surface area (Å²) in [5, 5.41) is 0.214. The van der Waals surface area contributed by atoms with E-state index in [2.05, 4.69) is 15.0 Å². The molecule has 2 aromatic rings. The van der Waals surface area contributed by atoms with Gasteiger partial charge in [0.2, 0.25) is 5.95 Å². The van der Waals surface area contributed by atoms with E-state index in [1.807, 2.05) is 0 Å². The van der Waals surface area contributed by atoms with Crippen molar-refractivity contribution < 1.29 is 14.3 Å². The summed E-state index contributed by atoms with van der Waals surface area (Å²) in [5.74, 6) is -0.230. The number of carbonyl (C=O) groups excluding carboxylic acids is 1. The first-order chi connectivity index (χ1) is 10.0. The van der Waals surface area contributed by atoms with Gasteiger partial charge >= 0.3 is 5.97 Å². The molecule has 1 saturated heterocycles. The van der Waals surface area contributed by atoms with Gasteiger partial charge in [-0.3, -0.25) is 9.36 Å². The van der Waals surface area contributed by atoms with E-state index in [4.69, 9.17) is 26.8 Å². The van der Waals surface area contributed by atoms with Crippen LogP contribution in [0.2, 0.25) is 5.15 Å². The number of imidazole rings is 1. The third kappa shape index (κ3) is 2.77. The van der Waals surface area contributed by atoms with Gasteiger partial charge in [0.25, 0.3) is 0 Å². The van der Waals surface area contributed by atoms with Crippen LogP contribution in [0.3, 0.4) is 0 Å². The van der Waals surface area contributed by atoms with Gasteiger partial charge in [-0.15, -0.1) is 0 Å². The topological polar surface area (TPSA) is 105 Å². The normalized spacial score (nSPS) is 21.8. The van der Waals surface area contributed by atoms with Crippen molar-refractivity contribution >= 4 is 34.7 Å². The van der Waals surface area contributed by atoms with E-state index in [1.54, 1.807) is 10.9 Å². The molecule has 2 unspecified atom stereocenters. The quantitative estimate of drug-likeness (QED) is 0.672. The number of hydrogen-bond donors (Lipinski definition) is 1. The van der Waals surface area contributed by atoms with Crippen LogP contribution in [0.5, 0.6) is 0 Å². The molecular formula is C12H14ClN5O3. The highest BCUT2D eigenvalue weighted by Gasteiger charge is 2.29. The van der Waals surface area contributed by atoms with Crippen molar-refractivity contribution in [3.8, 4) is 0 Å². The number of nitrogens with two attached hydrogens (primary N) is 1. The number of carbonyl (C=O) groups is 1. The summed E-state index contributed by atoms with van der Waals surface area (Å²) in [6.07, 6.45) is 2.78. The number of nitrogens with zero attached hydrogens (tertiary/aromatic N) is 4. The summed E-state index contributed by atoms with van der Waals surface area (Å²) in [6.45, 7) is 1.62. The lowest BCUT2D eigenvalue weighted by atomic mass is 10.2. The van der Waals surface area contributed by atoms with E-state index in [9.17, 15) is 4.79 Å². The number of rotatable bonds is 3. The Kier molecular flexibility index (Phi) is 3.64. The highest BCUT2D eigenvalue weighted by Crippen LogP contribution is 2.31. The summed E-state index contributed by atoms with van der Waals surface area (Å²) >= 11 is 5.99. The first kappa shape index (κ1) is 14.0. The second-order valence-electron chi connectivity index (χ2n) is 4.79. The zero-order valence-electron chi connectivity index (χ0n) is 11.3. The monoisotopic (exact) mass is 311 g/mol. The van der Waals surface area contributed by atoms with Gasteiger partial charge in [0.05, 0.1) is 12.4 Å². The van der Waals surface area contributed by atoms with Crippen LogP contribution in [0.25, 0.3) is 11.2 Å². The van der Waals surface area contributed by atoms with Gasteiger partial charge in [-0.1, -0.05) is 11.6 Å². The van der Waals surface area contributed by atoms with Crippen LogP contribution in [-0.2, 0) is 14.3 Å². The second-order valence-corrected chi connectivity index (χ2v) is 5.15. The van der Waals surface area contributed by atoms with E-state index in [-0.39, 0.29) is 36.0 Å². The summed E-state index contributed by atoms with van der Waals surface area (Å²) in [7, 11) is 0. The van der Waals surface area contributed by atoms with E-state index in [1.165, 1.54) is 6.92 Å². The lowest BCUT2D eigenvalue weighted by molar-refractivity contribution is -0.145. The third-order valence-electron chi connectivity index (χ3n) is 3.26. The third-order valence-corrected chi connectivity index (χ3v) is 3.53. The summed E-state index contributed by atoms with van der Waals surface area (Å²) in [5.41, 5.74) is 6.63. The molecule has 2 N–H and O–H groups in total. The van der Waals surface area contributed by atoms with E-state index < -0.39 is 0 Å². The van der Waals surface area contributed by atoms with Crippen LogP contribution >= 0.6 is 11.6 Å². The Morgan fingerprint density at radius 1 is 1.57 bits per heavy atom. The molecule has 0 spiro atoms. The summed E-state index contributed by atoms with van der Waals surface area (Å²) in [6, 6.07) is 0. The summed E-state index contributed by atoms with van der Waals surface area (Å²) < 4.78 is 12.6. The highest BCUT2D eigenvalue weighted by atomic mass is 35.5. The van der Waals surface area contributed by atoms with Crippen molar-refractivity contribution in [3.63, 3.8) is 0 Å². The maximum Gasteiger partial charge on any atom is 0.302 e. The number of halogens is 1. The molecule has 3 rings (SSSR count). The van der Waals surface area contributed by atoms with Crippen molar-refractivity contribution in [2.24, 2.45) is 0 Å². The predicted octanol–water partition coefficient (Wildman–Crippen LogP) is 1.30. The largest absolute Gasteiger partial charge is 0.463 e. The average molecular weight is 312 g/mol.